The Morgan fingerprint density at radius 2 is 1.64 bits per heavy atom. The Balaban J connectivity index is 2.08. The van der Waals surface area contributed by atoms with Crippen LogP contribution in [0.2, 0.25) is 0 Å². The molecule has 2 aromatic rings. The van der Waals surface area contributed by atoms with E-state index in [9.17, 15) is 9.59 Å². The summed E-state index contributed by atoms with van der Waals surface area (Å²) in [4.78, 5) is 24.6. The summed E-state index contributed by atoms with van der Waals surface area (Å²) < 4.78 is 0. The maximum absolute atomic E-state index is 12.4. The third kappa shape index (κ3) is 5.94. The van der Waals surface area contributed by atoms with Gasteiger partial charge >= 0.3 is 0 Å². The van der Waals surface area contributed by atoms with Gasteiger partial charge in [0.25, 0.3) is 11.8 Å². The average molecular weight is 356 g/mol. The molecule has 0 fully saturated rings. The van der Waals surface area contributed by atoms with Crippen molar-refractivity contribution >= 4 is 29.3 Å². The van der Waals surface area contributed by atoms with E-state index in [0.717, 1.165) is 5.75 Å². The molecule has 2 amide bonds. The Hall–Kier alpha value is -2.27. The Bertz CT molecular complexity index is 749. The van der Waals surface area contributed by atoms with Crippen LogP contribution < -0.4 is 10.6 Å². The van der Waals surface area contributed by atoms with E-state index in [1.807, 2.05) is 51.3 Å². The van der Waals surface area contributed by atoms with Gasteiger partial charge in [0.15, 0.2) is 0 Å². The highest BCUT2D eigenvalue weighted by Gasteiger charge is 2.15. The van der Waals surface area contributed by atoms with E-state index < -0.39 is 0 Å². The van der Waals surface area contributed by atoms with Crippen LogP contribution in [0.3, 0.4) is 0 Å². The second-order valence-corrected chi connectivity index (χ2v) is 7.74. The summed E-state index contributed by atoms with van der Waals surface area (Å²) in [6.45, 7) is 5.78. The zero-order chi connectivity index (χ0) is 18.4. The van der Waals surface area contributed by atoms with Gasteiger partial charge in [-0.1, -0.05) is 18.2 Å². The molecule has 0 spiro atoms. The first-order chi connectivity index (χ1) is 11.8. The van der Waals surface area contributed by atoms with Crippen molar-refractivity contribution in [1.82, 2.24) is 5.32 Å². The molecule has 0 radical (unpaired) electrons. The molecular weight excluding hydrogens is 332 g/mol. The van der Waals surface area contributed by atoms with Gasteiger partial charge < -0.3 is 10.6 Å². The molecule has 0 atom stereocenters. The molecule has 2 rings (SSSR count). The van der Waals surface area contributed by atoms with Crippen LogP contribution >= 0.6 is 11.8 Å². The summed E-state index contributed by atoms with van der Waals surface area (Å²) >= 11 is 1.74. The minimum Gasteiger partial charge on any atom is -0.347 e. The molecule has 4 nitrogen and oxygen atoms in total. The van der Waals surface area contributed by atoms with E-state index >= 15 is 0 Å². The molecule has 0 unspecified atom stereocenters. The summed E-state index contributed by atoms with van der Waals surface area (Å²) in [7, 11) is 0. The van der Waals surface area contributed by atoms with Crippen LogP contribution in [0.4, 0.5) is 5.69 Å². The fourth-order valence-electron chi connectivity index (χ4n) is 2.27. The minimum absolute atomic E-state index is 0.162. The number of benzene rings is 2. The lowest BCUT2D eigenvalue weighted by atomic mass is 10.1. The molecule has 0 aliphatic carbocycles. The predicted octanol–water partition coefficient (Wildman–Crippen LogP) is 4.33. The van der Waals surface area contributed by atoms with Crippen molar-refractivity contribution in [2.75, 3.05) is 11.6 Å². The third-order valence-electron chi connectivity index (χ3n) is 3.40. The van der Waals surface area contributed by atoms with Gasteiger partial charge in [-0.3, -0.25) is 9.59 Å². The molecule has 2 aromatic carbocycles. The first-order valence-corrected chi connectivity index (χ1v) is 9.50. The zero-order valence-electron chi connectivity index (χ0n) is 15.1. The molecule has 0 saturated carbocycles. The number of thioether (sulfide) groups is 1. The normalized spacial score (nSPS) is 11.0. The molecule has 25 heavy (non-hydrogen) atoms. The molecule has 0 heterocycles. The summed E-state index contributed by atoms with van der Waals surface area (Å²) in [5, 5.41) is 5.76. The van der Waals surface area contributed by atoms with E-state index in [4.69, 9.17) is 0 Å². The number of anilines is 1. The van der Waals surface area contributed by atoms with Gasteiger partial charge in [-0.25, -0.2) is 0 Å². The molecule has 0 aromatic heterocycles. The molecule has 0 aliphatic rings. The Morgan fingerprint density at radius 1 is 0.960 bits per heavy atom. The second kappa shape index (κ2) is 8.21. The van der Waals surface area contributed by atoms with Gasteiger partial charge in [-0.2, -0.15) is 11.8 Å². The fourth-order valence-corrected chi connectivity index (χ4v) is 2.80. The highest BCUT2D eigenvalue weighted by Crippen LogP contribution is 2.15. The van der Waals surface area contributed by atoms with E-state index in [2.05, 4.69) is 10.6 Å². The van der Waals surface area contributed by atoms with Crippen LogP contribution in [-0.4, -0.2) is 23.6 Å². The van der Waals surface area contributed by atoms with Crippen LogP contribution in [-0.2, 0) is 5.75 Å². The van der Waals surface area contributed by atoms with Gasteiger partial charge in [-0.15, -0.1) is 0 Å². The average Bonchev–Trinajstić information content (AvgIpc) is 2.54. The number of hydrogen-bond donors (Lipinski definition) is 2. The lowest BCUT2D eigenvalue weighted by Gasteiger charge is -2.20. The predicted molar refractivity (Wildman–Crippen MR) is 105 cm³/mol. The van der Waals surface area contributed by atoms with Crippen LogP contribution in [0.15, 0.2) is 48.5 Å². The molecule has 0 bridgehead atoms. The standard InChI is InChI=1S/C20H24N2O2S/c1-20(2,3)22-19(24)16-6-5-7-17(12-16)21-18(23)15-10-8-14(9-11-15)13-25-4/h5-12H,13H2,1-4H3,(H,21,23)(H,22,24). The number of carbonyl (C=O) groups is 2. The Labute approximate surface area is 153 Å². The SMILES string of the molecule is CSCc1ccc(C(=O)Nc2cccc(C(=O)NC(C)(C)C)c2)cc1. The number of amides is 2. The molecule has 0 saturated heterocycles. The quantitative estimate of drug-likeness (QED) is 0.838. The second-order valence-electron chi connectivity index (χ2n) is 6.87. The first-order valence-electron chi connectivity index (χ1n) is 8.10. The highest BCUT2D eigenvalue weighted by atomic mass is 32.2. The smallest absolute Gasteiger partial charge is 0.255 e. The summed E-state index contributed by atoms with van der Waals surface area (Å²) in [5.41, 5.74) is 2.58. The third-order valence-corrected chi connectivity index (χ3v) is 4.02. The molecule has 0 aliphatic heterocycles. The molecule has 132 valence electrons. The van der Waals surface area contributed by atoms with Crippen LogP contribution in [0.1, 0.15) is 47.1 Å². The van der Waals surface area contributed by atoms with Crippen molar-refractivity contribution in [1.29, 1.82) is 0 Å². The summed E-state index contributed by atoms with van der Waals surface area (Å²) in [5.74, 6) is 0.571. The first kappa shape index (κ1) is 19.1. The minimum atomic E-state index is -0.311. The maximum atomic E-state index is 12.4. The highest BCUT2D eigenvalue weighted by molar-refractivity contribution is 7.97. The van der Waals surface area contributed by atoms with Crippen molar-refractivity contribution in [2.24, 2.45) is 0 Å². The lowest BCUT2D eigenvalue weighted by Crippen LogP contribution is -2.40. The van der Waals surface area contributed by atoms with Crippen LogP contribution in [0.25, 0.3) is 0 Å². The number of rotatable bonds is 5. The van der Waals surface area contributed by atoms with Crippen molar-refractivity contribution in [3.05, 3.63) is 65.2 Å². The van der Waals surface area contributed by atoms with E-state index in [-0.39, 0.29) is 17.4 Å². The summed E-state index contributed by atoms with van der Waals surface area (Å²) in [6.07, 6.45) is 2.05. The van der Waals surface area contributed by atoms with Gasteiger partial charge in [0, 0.05) is 28.1 Å². The van der Waals surface area contributed by atoms with Crippen molar-refractivity contribution in [2.45, 2.75) is 32.1 Å². The van der Waals surface area contributed by atoms with Crippen molar-refractivity contribution in [3.63, 3.8) is 0 Å². The molecule has 5 heteroatoms. The number of nitrogens with one attached hydrogen (secondary N) is 2. The van der Waals surface area contributed by atoms with Crippen molar-refractivity contribution < 1.29 is 9.59 Å². The van der Waals surface area contributed by atoms with E-state index in [1.165, 1.54) is 5.56 Å². The Kier molecular flexibility index (Phi) is 6.26. The fraction of sp³-hybridized carbons (Fsp3) is 0.300. The van der Waals surface area contributed by atoms with E-state index in [1.54, 1.807) is 36.0 Å². The Morgan fingerprint density at radius 3 is 2.24 bits per heavy atom. The van der Waals surface area contributed by atoms with Crippen LogP contribution in [0, 0.1) is 0 Å². The van der Waals surface area contributed by atoms with Gasteiger partial charge in [0.1, 0.15) is 0 Å². The topological polar surface area (TPSA) is 58.2 Å². The molecular formula is C20H24N2O2S. The van der Waals surface area contributed by atoms with Crippen LogP contribution in [0.5, 0.6) is 0 Å². The van der Waals surface area contributed by atoms with Gasteiger partial charge in [0.2, 0.25) is 0 Å². The number of hydrogen-bond acceptors (Lipinski definition) is 3. The van der Waals surface area contributed by atoms with Gasteiger partial charge in [-0.05, 0) is 62.9 Å². The molecule has 2 N–H and O–H groups in total. The summed E-state index contributed by atoms with van der Waals surface area (Å²) in [6, 6.07) is 14.5. The number of carbonyl (C=O) groups excluding carboxylic acids is 2. The lowest BCUT2D eigenvalue weighted by molar-refractivity contribution is 0.0918. The zero-order valence-corrected chi connectivity index (χ0v) is 15.9. The monoisotopic (exact) mass is 356 g/mol. The van der Waals surface area contributed by atoms with E-state index in [0.29, 0.717) is 16.8 Å². The largest absolute Gasteiger partial charge is 0.347 e. The van der Waals surface area contributed by atoms with Crippen molar-refractivity contribution in [3.8, 4) is 0 Å². The van der Waals surface area contributed by atoms with Gasteiger partial charge in [0.05, 0.1) is 0 Å². The maximum Gasteiger partial charge on any atom is 0.255 e.